The molecule has 1 unspecified atom stereocenters. The van der Waals surface area contributed by atoms with Crippen molar-refractivity contribution in [3.63, 3.8) is 0 Å². The Morgan fingerprint density at radius 2 is 2.04 bits per heavy atom. The fourth-order valence-corrected chi connectivity index (χ4v) is 3.20. The summed E-state index contributed by atoms with van der Waals surface area (Å²) in [4.78, 5) is 24.1. The largest absolute Gasteiger partial charge is 0.484 e. The number of halogens is 1. The average molecular weight is 339 g/mol. The van der Waals surface area contributed by atoms with Gasteiger partial charge in [0.15, 0.2) is 0 Å². The minimum Gasteiger partial charge on any atom is -0.484 e. The first kappa shape index (κ1) is 15.4. The molecule has 0 aromatic heterocycles. The molecule has 1 atom stereocenters. The van der Waals surface area contributed by atoms with Gasteiger partial charge >= 0.3 is 5.97 Å². The van der Waals surface area contributed by atoms with E-state index in [4.69, 9.17) is 9.47 Å². The molecule has 0 radical (unpaired) electrons. The monoisotopic (exact) mass is 339 g/mol. The lowest BCUT2D eigenvalue weighted by molar-refractivity contribution is -0.142. The van der Waals surface area contributed by atoms with Crippen LogP contribution in [0.2, 0.25) is 0 Å². The summed E-state index contributed by atoms with van der Waals surface area (Å²) in [5.74, 6) is -0.789. The van der Waals surface area contributed by atoms with Gasteiger partial charge in [-0.05, 0) is 18.2 Å². The van der Waals surface area contributed by atoms with Gasteiger partial charge < -0.3 is 14.8 Å². The van der Waals surface area contributed by atoms with Crippen LogP contribution in [0, 0.1) is 5.82 Å². The number of nitrogens with one attached hydrogen (secondary N) is 1. The standard InChI is InChI=1S/C19H14FNO4/c1-24-16(22)9-15-11-4-2-3-5-12(11)18(25-15)17-13-7-6-10(20)8-14(13)21-19(17)23/h2-8,15H,9H2,1H3,(H,21,23)/b18-17-. The quantitative estimate of drug-likeness (QED) is 0.674. The number of rotatable bonds is 2. The van der Waals surface area contributed by atoms with Crippen LogP contribution in [-0.2, 0) is 19.1 Å². The minimum absolute atomic E-state index is 0.0438. The first-order chi connectivity index (χ1) is 12.1. The molecule has 2 aromatic rings. The number of benzene rings is 2. The molecular weight excluding hydrogens is 325 g/mol. The summed E-state index contributed by atoms with van der Waals surface area (Å²) in [6, 6.07) is 11.5. The van der Waals surface area contributed by atoms with E-state index in [-0.39, 0.29) is 12.3 Å². The van der Waals surface area contributed by atoms with Gasteiger partial charge in [0.05, 0.1) is 24.8 Å². The van der Waals surface area contributed by atoms with Crippen molar-refractivity contribution < 1.29 is 23.5 Å². The van der Waals surface area contributed by atoms with Crippen LogP contribution in [0.5, 0.6) is 0 Å². The Labute approximate surface area is 143 Å². The summed E-state index contributed by atoms with van der Waals surface area (Å²) in [5, 5.41) is 2.65. The predicted molar refractivity (Wildman–Crippen MR) is 88.7 cm³/mol. The smallest absolute Gasteiger partial charge is 0.309 e. The highest BCUT2D eigenvalue weighted by atomic mass is 19.1. The highest BCUT2D eigenvalue weighted by molar-refractivity contribution is 6.36. The van der Waals surface area contributed by atoms with Crippen LogP contribution >= 0.6 is 0 Å². The Kier molecular flexibility index (Phi) is 3.53. The Morgan fingerprint density at radius 3 is 2.84 bits per heavy atom. The van der Waals surface area contributed by atoms with E-state index in [0.29, 0.717) is 22.6 Å². The third kappa shape index (κ3) is 2.46. The molecular formula is C19H14FNO4. The molecule has 126 valence electrons. The molecule has 0 saturated heterocycles. The number of amides is 1. The Morgan fingerprint density at radius 1 is 1.24 bits per heavy atom. The van der Waals surface area contributed by atoms with Crippen LogP contribution in [0.3, 0.4) is 0 Å². The summed E-state index contributed by atoms with van der Waals surface area (Å²) in [5.41, 5.74) is 2.90. The summed E-state index contributed by atoms with van der Waals surface area (Å²) in [7, 11) is 1.32. The number of carbonyl (C=O) groups excluding carboxylic acids is 2. The zero-order valence-corrected chi connectivity index (χ0v) is 13.3. The normalized spacial score (nSPS) is 20.6. The molecule has 4 rings (SSSR count). The molecule has 0 fully saturated rings. The lowest BCUT2D eigenvalue weighted by Gasteiger charge is -2.11. The third-order valence-electron chi connectivity index (χ3n) is 4.35. The SMILES string of the molecule is COC(=O)CC1O/C(=C2\C(=O)Nc3cc(F)ccc32)c2ccccc21. The van der Waals surface area contributed by atoms with Gasteiger partial charge in [0.1, 0.15) is 17.7 Å². The third-order valence-corrected chi connectivity index (χ3v) is 4.35. The average Bonchev–Trinajstić information content (AvgIpc) is 3.11. The lowest BCUT2D eigenvalue weighted by Crippen LogP contribution is -2.08. The van der Waals surface area contributed by atoms with Gasteiger partial charge in [-0.3, -0.25) is 9.59 Å². The molecule has 5 nitrogen and oxygen atoms in total. The molecule has 0 saturated carbocycles. The fourth-order valence-electron chi connectivity index (χ4n) is 3.20. The molecule has 0 aliphatic carbocycles. The van der Waals surface area contributed by atoms with Gasteiger partial charge in [0.2, 0.25) is 0 Å². The number of esters is 1. The van der Waals surface area contributed by atoms with Gasteiger partial charge in [-0.15, -0.1) is 0 Å². The van der Waals surface area contributed by atoms with Crippen LogP contribution in [-0.4, -0.2) is 19.0 Å². The van der Waals surface area contributed by atoms with Crippen molar-refractivity contribution in [1.29, 1.82) is 0 Å². The molecule has 2 aromatic carbocycles. The van der Waals surface area contributed by atoms with E-state index in [1.165, 1.54) is 19.2 Å². The van der Waals surface area contributed by atoms with Gasteiger partial charge in [0, 0.05) is 16.7 Å². The van der Waals surface area contributed by atoms with Crippen molar-refractivity contribution in [2.24, 2.45) is 0 Å². The second kappa shape index (κ2) is 5.73. The Balaban J connectivity index is 1.85. The van der Waals surface area contributed by atoms with Crippen molar-refractivity contribution in [1.82, 2.24) is 0 Å². The summed E-state index contributed by atoms with van der Waals surface area (Å²) >= 11 is 0. The van der Waals surface area contributed by atoms with E-state index in [0.717, 1.165) is 11.1 Å². The molecule has 1 N–H and O–H groups in total. The fraction of sp³-hybridized carbons (Fsp3) is 0.158. The highest BCUT2D eigenvalue weighted by Crippen LogP contribution is 2.46. The second-order valence-electron chi connectivity index (χ2n) is 5.82. The van der Waals surface area contributed by atoms with Crippen molar-refractivity contribution in [2.75, 3.05) is 12.4 Å². The minimum atomic E-state index is -0.525. The number of carbonyl (C=O) groups is 2. The summed E-state index contributed by atoms with van der Waals surface area (Å²) in [6.07, 6.45) is -0.481. The van der Waals surface area contributed by atoms with E-state index < -0.39 is 17.9 Å². The molecule has 2 aliphatic heterocycles. The zero-order chi connectivity index (χ0) is 17.6. The number of hydrogen-bond acceptors (Lipinski definition) is 4. The van der Waals surface area contributed by atoms with Crippen molar-refractivity contribution in [3.05, 3.63) is 65.0 Å². The number of methoxy groups -OCH3 is 1. The number of fused-ring (bicyclic) bond motifs is 2. The second-order valence-corrected chi connectivity index (χ2v) is 5.82. The first-order valence-corrected chi connectivity index (χ1v) is 7.77. The first-order valence-electron chi connectivity index (χ1n) is 7.77. The van der Waals surface area contributed by atoms with Crippen molar-refractivity contribution in [2.45, 2.75) is 12.5 Å². The van der Waals surface area contributed by atoms with Crippen LogP contribution in [0.15, 0.2) is 42.5 Å². The highest BCUT2D eigenvalue weighted by Gasteiger charge is 2.37. The number of ether oxygens (including phenoxy) is 2. The topological polar surface area (TPSA) is 64.6 Å². The van der Waals surface area contributed by atoms with Crippen LogP contribution < -0.4 is 5.32 Å². The van der Waals surface area contributed by atoms with Gasteiger partial charge in [-0.25, -0.2) is 4.39 Å². The van der Waals surface area contributed by atoms with Crippen LogP contribution in [0.4, 0.5) is 10.1 Å². The maximum Gasteiger partial charge on any atom is 0.309 e. The van der Waals surface area contributed by atoms with E-state index in [2.05, 4.69) is 5.32 Å². The van der Waals surface area contributed by atoms with Crippen LogP contribution in [0.25, 0.3) is 11.3 Å². The maximum atomic E-state index is 13.4. The lowest BCUT2D eigenvalue weighted by atomic mass is 9.98. The molecule has 25 heavy (non-hydrogen) atoms. The molecule has 1 amide bonds. The Bertz CT molecular complexity index is 935. The van der Waals surface area contributed by atoms with E-state index >= 15 is 0 Å². The maximum absolute atomic E-state index is 13.4. The van der Waals surface area contributed by atoms with Gasteiger partial charge in [-0.2, -0.15) is 0 Å². The predicted octanol–water partition coefficient (Wildman–Crippen LogP) is 3.28. The Hall–Kier alpha value is -3.15. The van der Waals surface area contributed by atoms with Crippen LogP contribution in [0.1, 0.15) is 29.2 Å². The van der Waals surface area contributed by atoms with Gasteiger partial charge in [-0.1, -0.05) is 24.3 Å². The molecule has 2 aliphatic rings. The molecule has 6 heteroatoms. The van der Waals surface area contributed by atoms with E-state index in [1.54, 1.807) is 6.07 Å². The van der Waals surface area contributed by atoms with Crippen molar-refractivity contribution >= 4 is 28.9 Å². The summed E-state index contributed by atoms with van der Waals surface area (Å²) < 4.78 is 24.1. The van der Waals surface area contributed by atoms with E-state index in [1.807, 2.05) is 24.3 Å². The number of anilines is 1. The number of hydrogen-bond donors (Lipinski definition) is 1. The molecule has 0 spiro atoms. The van der Waals surface area contributed by atoms with E-state index in [9.17, 15) is 14.0 Å². The molecule has 2 heterocycles. The molecule has 0 bridgehead atoms. The van der Waals surface area contributed by atoms with Crippen molar-refractivity contribution in [3.8, 4) is 0 Å². The summed E-state index contributed by atoms with van der Waals surface area (Å²) in [6.45, 7) is 0. The zero-order valence-electron chi connectivity index (χ0n) is 13.3. The van der Waals surface area contributed by atoms with Gasteiger partial charge in [0.25, 0.3) is 5.91 Å².